The molecule has 1 rings (SSSR count). The van der Waals surface area contributed by atoms with Crippen LogP contribution in [0.1, 0.15) is 0 Å². The summed E-state index contributed by atoms with van der Waals surface area (Å²) in [5.74, 6) is 1.17. The van der Waals surface area contributed by atoms with Gasteiger partial charge in [-0.2, -0.15) is 11.8 Å². The Kier molecular flexibility index (Phi) is 2.82. The van der Waals surface area contributed by atoms with Crippen molar-refractivity contribution in [1.82, 2.24) is 4.90 Å². The average Bonchev–Trinajstić information content (AvgIpc) is 1.88. The third-order valence-electron chi connectivity index (χ3n) is 1.55. The van der Waals surface area contributed by atoms with E-state index in [0.717, 1.165) is 6.54 Å². The van der Waals surface area contributed by atoms with E-state index in [2.05, 4.69) is 11.9 Å². The minimum Gasteiger partial charge on any atom is -0.395 e. The molecule has 54 valence electrons. The van der Waals surface area contributed by atoms with Crippen molar-refractivity contribution >= 4 is 11.8 Å². The molecule has 0 bridgehead atoms. The van der Waals surface area contributed by atoms with Gasteiger partial charge in [0.2, 0.25) is 0 Å². The molecule has 0 aromatic rings. The summed E-state index contributed by atoms with van der Waals surface area (Å²) in [6.07, 6.45) is 0. The van der Waals surface area contributed by atoms with Crippen molar-refractivity contribution < 1.29 is 5.11 Å². The number of hydrogen-bond acceptors (Lipinski definition) is 3. The Balaban J connectivity index is 2.23. The molecule has 1 fully saturated rings. The molecule has 0 aromatic carbocycles. The first kappa shape index (κ1) is 7.38. The second kappa shape index (κ2) is 3.44. The monoisotopic (exact) mass is 147 g/mol. The fraction of sp³-hybridized carbons (Fsp3) is 1.00. The normalized spacial score (nSPS) is 30.7. The van der Waals surface area contributed by atoms with Gasteiger partial charge in [0, 0.05) is 24.1 Å². The van der Waals surface area contributed by atoms with Crippen LogP contribution in [0.5, 0.6) is 0 Å². The molecule has 1 N–H and O–H groups in total. The second-order valence-corrected chi connectivity index (χ2v) is 3.85. The second-order valence-electron chi connectivity index (χ2n) is 2.44. The van der Waals surface area contributed by atoms with Gasteiger partial charge in [-0.05, 0) is 7.05 Å². The molecule has 0 radical (unpaired) electrons. The van der Waals surface area contributed by atoms with E-state index >= 15 is 0 Å². The quantitative estimate of drug-likeness (QED) is 0.566. The lowest BCUT2D eigenvalue weighted by molar-refractivity contribution is 0.253. The van der Waals surface area contributed by atoms with Gasteiger partial charge in [-0.25, -0.2) is 0 Å². The predicted molar refractivity (Wildman–Crippen MR) is 40.8 cm³/mol. The molecule has 0 aliphatic carbocycles. The third kappa shape index (κ3) is 2.16. The van der Waals surface area contributed by atoms with Crippen LogP contribution >= 0.6 is 11.8 Å². The summed E-state index contributed by atoms with van der Waals surface area (Å²) >= 11 is 1.88. The highest BCUT2D eigenvalue weighted by molar-refractivity contribution is 8.00. The topological polar surface area (TPSA) is 23.5 Å². The SMILES string of the molecule is CN1CCSC(CO)C1. The Hall–Kier alpha value is 0.270. The van der Waals surface area contributed by atoms with E-state index in [-0.39, 0.29) is 0 Å². The van der Waals surface area contributed by atoms with Crippen LogP contribution in [0.25, 0.3) is 0 Å². The lowest BCUT2D eigenvalue weighted by Crippen LogP contribution is -2.36. The van der Waals surface area contributed by atoms with Gasteiger partial charge in [0.25, 0.3) is 0 Å². The fourth-order valence-corrected chi connectivity index (χ4v) is 2.19. The fourth-order valence-electron chi connectivity index (χ4n) is 0.977. The summed E-state index contributed by atoms with van der Waals surface area (Å²) in [5.41, 5.74) is 0. The number of aliphatic hydroxyl groups is 1. The number of hydrogen-bond donors (Lipinski definition) is 1. The lowest BCUT2D eigenvalue weighted by Gasteiger charge is -2.27. The molecule has 1 atom stereocenters. The van der Waals surface area contributed by atoms with Crippen LogP contribution in [-0.2, 0) is 0 Å². The zero-order valence-electron chi connectivity index (χ0n) is 5.71. The molecule has 1 saturated heterocycles. The van der Waals surface area contributed by atoms with E-state index in [1.54, 1.807) is 0 Å². The number of nitrogens with zero attached hydrogens (tertiary/aromatic N) is 1. The van der Waals surface area contributed by atoms with Crippen LogP contribution in [0, 0.1) is 0 Å². The van der Waals surface area contributed by atoms with Crippen molar-refractivity contribution in [2.45, 2.75) is 5.25 Å². The number of aliphatic hydroxyl groups excluding tert-OH is 1. The molecular weight excluding hydrogens is 134 g/mol. The van der Waals surface area contributed by atoms with Gasteiger partial charge < -0.3 is 10.0 Å². The Labute approximate surface area is 60.2 Å². The summed E-state index contributed by atoms with van der Waals surface area (Å²) in [7, 11) is 2.10. The first-order valence-electron chi connectivity index (χ1n) is 3.24. The zero-order chi connectivity index (χ0) is 6.69. The summed E-state index contributed by atoms with van der Waals surface area (Å²) in [6, 6.07) is 0. The molecule has 1 aliphatic rings. The molecule has 0 saturated carbocycles. The van der Waals surface area contributed by atoms with Gasteiger partial charge in [0.05, 0.1) is 6.61 Å². The van der Waals surface area contributed by atoms with Crippen LogP contribution < -0.4 is 0 Å². The molecule has 2 nitrogen and oxygen atoms in total. The number of rotatable bonds is 1. The molecule has 1 aliphatic heterocycles. The summed E-state index contributed by atoms with van der Waals surface area (Å²) in [6.45, 7) is 2.54. The van der Waals surface area contributed by atoms with Crippen molar-refractivity contribution in [3.63, 3.8) is 0 Å². The van der Waals surface area contributed by atoms with Crippen molar-refractivity contribution in [3.8, 4) is 0 Å². The third-order valence-corrected chi connectivity index (χ3v) is 2.73. The van der Waals surface area contributed by atoms with Crippen LogP contribution in [-0.4, -0.2) is 47.8 Å². The van der Waals surface area contributed by atoms with Crippen molar-refractivity contribution in [3.05, 3.63) is 0 Å². The van der Waals surface area contributed by atoms with Crippen molar-refractivity contribution in [1.29, 1.82) is 0 Å². The highest BCUT2D eigenvalue weighted by Gasteiger charge is 2.15. The zero-order valence-corrected chi connectivity index (χ0v) is 6.52. The maximum absolute atomic E-state index is 8.76. The molecular formula is C6H13NOS. The van der Waals surface area contributed by atoms with Gasteiger partial charge in [0.15, 0.2) is 0 Å². The first-order chi connectivity index (χ1) is 4.33. The summed E-state index contributed by atoms with van der Waals surface area (Å²) in [4.78, 5) is 2.26. The standard InChI is InChI=1S/C6H13NOS/c1-7-2-3-9-6(4-7)5-8/h6,8H,2-5H2,1H3. The molecule has 0 amide bonds. The minimum atomic E-state index is 0.328. The molecule has 0 spiro atoms. The van der Waals surface area contributed by atoms with E-state index in [9.17, 15) is 0 Å². The molecule has 0 aromatic heterocycles. The van der Waals surface area contributed by atoms with Crippen LogP contribution in [0.3, 0.4) is 0 Å². The predicted octanol–water partition coefficient (Wildman–Crippen LogP) is 0.0259. The van der Waals surface area contributed by atoms with Crippen LogP contribution in [0.15, 0.2) is 0 Å². The number of thioether (sulfide) groups is 1. The first-order valence-corrected chi connectivity index (χ1v) is 4.29. The minimum absolute atomic E-state index is 0.328. The highest BCUT2D eigenvalue weighted by atomic mass is 32.2. The van der Waals surface area contributed by atoms with Gasteiger partial charge >= 0.3 is 0 Å². The van der Waals surface area contributed by atoms with Crippen molar-refractivity contribution in [2.75, 3.05) is 32.5 Å². The van der Waals surface area contributed by atoms with Crippen LogP contribution in [0.2, 0.25) is 0 Å². The smallest absolute Gasteiger partial charge is 0.0562 e. The van der Waals surface area contributed by atoms with Gasteiger partial charge in [-0.3, -0.25) is 0 Å². The van der Waals surface area contributed by atoms with Crippen LogP contribution in [0.4, 0.5) is 0 Å². The largest absolute Gasteiger partial charge is 0.395 e. The Morgan fingerprint density at radius 3 is 3.00 bits per heavy atom. The molecule has 1 heterocycles. The van der Waals surface area contributed by atoms with Gasteiger partial charge in [-0.15, -0.1) is 0 Å². The van der Waals surface area contributed by atoms with Gasteiger partial charge in [0.1, 0.15) is 0 Å². The molecule has 9 heavy (non-hydrogen) atoms. The van der Waals surface area contributed by atoms with E-state index in [1.807, 2.05) is 11.8 Å². The van der Waals surface area contributed by atoms with E-state index in [1.165, 1.54) is 12.3 Å². The maximum Gasteiger partial charge on any atom is 0.0562 e. The van der Waals surface area contributed by atoms with E-state index in [0.29, 0.717) is 11.9 Å². The molecule has 1 unspecified atom stereocenters. The van der Waals surface area contributed by atoms with Crippen molar-refractivity contribution in [2.24, 2.45) is 0 Å². The maximum atomic E-state index is 8.76. The Morgan fingerprint density at radius 2 is 2.56 bits per heavy atom. The average molecular weight is 147 g/mol. The summed E-state index contributed by atoms with van der Waals surface area (Å²) < 4.78 is 0. The Bertz CT molecular complexity index is 89.1. The molecule has 3 heteroatoms. The van der Waals surface area contributed by atoms with E-state index in [4.69, 9.17) is 5.11 Å². The van der Waals surface area contributed by atoms with Gasteiger partial charge in [-0.1, -0.05) is 0 Å². The van der Waals surface area contributed by atoms with E-state index < -0.39 is 0 Å². The summed E-state index contributed by atoms with van der Waals surface area (Å²) in [5, 5.41) is 9.22. The Morgan fingerprint density at radius 1 is 1.78 bits per heavy atom. The highest BCUT2D eigenvalue weighted by Crippen LogP contribution is 2.15. The lowest BCUT2D eigenvalue weighted by atomic mass is 10.4.